The zero-order chi connectivity index (χ0) is 43.5. The Morgan fingerprint density at radius 1 is 0.492 bits per heavy atom. The Morgan fingerprint density at radius 2 is 0.847 bits per heavy atom. The molecule has 0 aliphatic heterocycles. The number of likely N-dealkylation sites (N-methyl/N-ethyl adjacent to an activating group) is 1. The standard InChI is InChI=1S/C51H97NO7/c1-6-8-10-12-14-16-18-20-22-23-24-25-26-27-28-30-32-34-36-38-40-42-50(54)59-47(45-57-44-43-48(51(55)56)52(3,4)5)46-58-49(53)41-39-37-35-33-31-29-21-19-17-15-13-11-9-7-2/h25-26,47-48H,6-24,27-46H2,1-5H3/b26-25+. The summed E-state index contributed by atoms with van der Waals surface area (Å²) in [5.41, 5.74) is 0. The summed E-state index contributed by atoms with van der Waals surface area (Å²) in [5.74, 6) is -1.72. The minimum absolute atomic E-state index is 0.0449. The highest BCUT2D eigenvalue weighted by molar-refractivity contribution is 5.70. The summed E-state index contributed by atoms with van der Waals surface area (Å²) in [5, 5.41) is 11.6. The molecular weight excluding hydrogens is 739 g/mol. The molecule has 2 unspecified atom stereocenters. The number of rotatable bonds is 46. The predicted octanol–water partition coefficient (Wildman–Crippen LogP) is 12.9. The van der Waals surface area contributed by atoms with E-state index in [-0.39, 0.29) is 42.7 Å². The van der Waals surface area contributed by atoms with Crippen molar-refractivity contribution in [2.24, 2.45) is 0 Å². The van der Waals surface area contributed by atoms with Gasteiger partial charge in [-0.2, -0.15) is 0 Å². The number of aliphatic carboxylic acids is 1. The molecule has 0 aliphatic carbocycles. The van der Waals surface area contributed by atoms with E-state index >= 15 is 0 Å². The second kappa shape index (κ2) is 42.7. The summed E-state index contributed by atoms with van der Waals surface area (Å²) in [7, 11) is 5.42. The van der Waals surface area contributed by atoms with E-state index in [0.717, 1.165) is 38.5 Å². The molecule has 0 aromatic heterocycles. The van der Waals surface area contributed by atoms with Gasteiger partial charge in [-0.05, 0) is 38.5 Å². The van der Waals surface area contributed by atoms with Crippen LogP contribution >= 0.6 is 0 Å². The van der Waals surface area contributed by atoms with Gasteiger partial charge in [-0.3, -0.25) is 9.59 Å². The van der Waals surface area contributed by atoms with E-state index < -0.39 is 18.1 Å². The van der Waals surface area contributed by atoms with E-state index in [0.29, 0.717) is 12.8 Å². The average Bonchev–Trinajstić information content (AvgIpc) is 3.19. The third-order valence-corrected chi connectivity index (χ3v) is 11.7. The molecular formula is C51H97NO7. The van der Waals surface area contributed by atoms with Crippen molar-refractivity contribution in [3.05, 3.63) is 12.2 Å². The second-order valence-corrected chi connectivity index (χ2v) is 18.4. The number of allylic oxidation sites excluding steroid dienone is 2. The van der Waals surface area contributed by atoms with Gasteiger partial charge in [0.1, 0.15) is 12.6 Å². The van der Waals surface area contributed by atoms with Crippen LogP contribution in [-0.4, -0.2) is 75.5 Å². The van der Waals surface area contributed by atoms with E-state index in [1.54, 1.807) is 0 Å². The van der Waals surface area contributed by atoms with Crippen molar-refractivity contribution in [2.45, 2.75) is 257 Å². The van der Waals surface area contributed by atoms with Crippen molar-refractivity contribution in [3.8, 4) is 0 Å². The van der Waals surface area contributed by atoms with Crippen LogP contribution in [0.3, 0.4) is 0 Å². The highest BCUT2D eigenvalue weighted by Gasteiger charge is 2.25. The van der Waals surface area contributed by atoms with Crippen molar-refractivity contribution in [2.75, 3.05) is 41.0 Å². The fourth-order valence-corrected chi connectivity index (χ4v) is 7.71. The van der Waals surface area contributed by atoms with Crippen LogP contribution in [0.1, 0.15) is 245 Å². The Balaban J connectivity index is 4.22. The highest BCUT2D eigenvalue weighted by Crippen LogP contribution is 2.16. The van der Waals surface area contributed by atoms with Gasteiger partial charge in [0.05, 0.1) is 40.3 Å². The number of nitrogens with zero attached hydrogens (tertiary/aromatic N) is 1. The fourth-order valence-electron chi connectivity index (χ4n) is 7.71. The molecule has 0 rings (SSSR count). The van der Waals surface area contributed by atoms with Crippen molar-refractivity contribution in [1.82, 2.24) is 0 Å². The number of quaternary nitrogens is 1. The molecule has 2 atom stereocenters. The van der Waals surface area contributed by atoms with Crippen LogP contribution < -0.4 is 5.11 Å². The van der Waals surface area contributed by atoms with Gasteiger partial charge in [0.25, 0.3) is 0 Å². The molecule has 0 bridgehead atoms. The van der Waals surface area contributed by atoms with Crippen LogP contribution in [0.15, 0.2) is 12.2 Å². The molecule has 0 fully saturated rings. The van der Waals surface area contributed by atoms with Gasteiger partial charge in [-0.15, -0.1) is 0 Å². The lowest BCUT2D eigenvalue weighted by atomic mass is 10.0. The second-order valence-electron chi connectivity index (χ2n) is 18.4. The Labute approximate surface area is 365 Å². The van der Waals surface area contributed by atoms with Gasteiger partial charge in [0.15, 0.2) is 6.10 Å². The maximum Gasteiger partial charge on any atom is 0.306 e. The fraction of sp³-hybridized carbons (Fsp3) is 0.902. The SMILES string of the molecule is CCCCCCCCCCCC/C=C/CCCCCCCCCC(=O)OC(COCCC(C(=O)[O-])[N+](C)(C)C)COC(=O)CCCCCCCCCCCCCCCC. The smallest absolute Gasteiger partial charge is 0.306 e. The Bertz CT molecular complexity index is 978. The first-order valence-electron chi connectivity index (χ1n) is 25.2. The molecule has 0 N–H and O–H groups in total. The summed E-state index contributed by atoms with van der Waals surface area (Å²) in [6.07, 6.45) is 46.7. The van der Waals surface area contributed by atoms with E-state index in [1.165, 1.54) is 173 Å². The molecule has 0 radical (unpaired) electrons. The van der Waals surface area contributed by atoms with Gasteiger partial charge in [-0.1, -0.05) is 199 Å². The van der Waals surface area contributed by atoms with Crippen LogP contribution in [0.4, 0.5) is 0 Å². The first-order valence-corrected chi connectivity index (χ1v) is 25.2. The molecule has 0 saturated carbocycles. The molecule has 0 aliphatic rings. The van der Waals surface area contributed by atoms with Crippen LogP contribution in [0.5, 0.6) is 0 Å². The van der Waals surface area contributed by atoms with Crippen molar-refractivity contribution < 1.29 is 38.2 Å². The molecule has 8 heteroatoms. The molecule has 0 spiro atoms. The summed E-state index contributed by atoms with van der Waals surface area (Å²) < 4.78 is 17.2. The Hall–Kier alpha value is -1.93. The molecule has 0 amide bonds. The summed E-state index contributed by atoms with van der Waals surface area (Å²) in [6.45, 7) is 4.70. The van der Waals surface area contributed by atoms with Gasteiger partial charge in [0.2, 0.25) is 0 Å². The van der Waals surface area contributed by atoms with E-state index in [1.807, 2.05) is 21.1 Å². The number of carboxylic acids is 1. The number of ether oxygens (including phenoxy) is 3. The maximum absolute atomic E-state index is 12.8. The third-order valence-electron chi connectivity index (χ3n) is 11.7. The highest BCUT2D eigenvalue weighted by atomic mass is 16.6. The predicted molar refractivity (Wildman–Crippen MR) is 245 cm³/mol. The van der Waals surface area contributed by atoms with Crippen LogP contribution in [-0.2, 0) is 28.6 Å². The average molecular weight is 836 g/mol. The monoisotopic (exact) mass is 836 g/mol. The number of esters is 2. The summed E-state index contributed by atoms with van der Waals surface area (Å²) in [6, 6.07) is -0.722. The summed E-state index contributed by atoms with van der Waals surface area (Å²) >= 11 is 0. The molecule has 0 saturated heterocycles. The first kappa shape index (κ1) is 57.1. The zero-order valence-corrected chi connectivity index (χ0v) is 39.7. The summed E-state index contributed by atoms with van der Waals surface area (Å²) in [4.78, 5) is 37.0. The van der Waals surface area contributed by atoms with E-state index in [2.05, 4.69) is 26.0 Å². The Morgan fingerprint density at radius 3 is 1.22 bits per heavy atom. The topological polar surface area (TPSA) is 102 Å². The number of carbonyl (C=O) groups is 3. The van der Waals surface area contributed by atoms with Gasteiger partial charge in [0, 0.05) is 19.3 Å². The first-order chi connectivity index (χ1) is 28.6. The normalized spacial score (nSPS) is 12.9. The minimum atomic E-state index is -1.12. The number of hydrogen-bond donors (Lipinski definition) is 0. The van der Waals surface area contributed by atoms with E-state index in [4.69, 9.17) is 14.2 Å². The van der Waals surface area contributed by atoms with E-state index in [9.17, 15) is 19.5 Å². The van der Waals surface area contributed by atoms with Gasteiger partial charge >= 0.3 is 11.9 Å². The largest absolute Gasteiger partial charge is 0.544 e. The lowest BCUT2D eigenvalue weighted by Gasteiger charge is -2.34. The lowest BCUT2D eigenvalue weighted by Crippen LogP contribution is -2.55. The van der Waals surface area contributed by atoms with Crippen LogP contribution in [0.2, 0.25) is 0 Å². The number of unbranched alkanes of at least 4 members (excludes halogenated alkanes) is 30. The number of carbonyl (C=O) groups excluding carboxylic acids is 3. The maximum atomic E-state index is 12.8. The van der Waals surface area contributed by atoms with Crippen molar-refractivity contribution in [3.63, 3.8) is 0 Å². The molecule has 0 heterocycles. The minimum Gasteiger partial charge on any atom is -0.544 e. The molecule has 0 aromatic rings. The number of hydrogen-bond acceptors (Lipinski definition) is 7. The van der Waals surface area contributed by atoms with Crippen LogP contribution in [0, 0.1) is 0 Å². The number of carboxylic acid groups (broad SMARTS) is 1. The molecule has 0 aromatic carbocycles. The van der Waals surface area contributed by atoms with Crippen molar-refractivity contribution >= 4 is 17.9 Å². The zero-order valence-electron chi connectivity index (χ0n) is 39.7. The van der Waals surface area contributed by atoms with Gasteiger partial charge < -0.3 is 28.6 Å². The lowest BCUT2D eigenvalue weighted by molar-refractivity contribution is -0.889. The molecule has 59 heavy (non-hydrogen) atoms. The van der Waals surface area contributed by atoms with Gasteiger partial charge in [-0.25, -0.2) is 0 Å². The third kappa shape index (κ3) is 41.2. The molecule has 8 nitrogen and oxygen atoms in total. The van der Waals surface area contributed by atoms with Crippen LogP contribution in [0.25, 0.3) is 0 Å². The Kier molecular flexibility index (Phi) is 41.3. The quantitative estimate of drug-likeness (QED) is 0.0260. The van der Waals surface area contributed by atoms with Crippen molar-refractivity contribution in [1.29, 1.82) is 0 Å². The molecule has 348 valence electrons.